The van der Waals surface area contributed by atoms with Gasteiger partial charge in [-0.2, -0.15) is 0 Å². The Bertz CT molecular complexity index is 722. The van der Waals surface area contributed by atoms with Crippen LogP contribution in [-0.2, 0) is 6.54 Å². The first-order valence-corrected chi connectivity index (χ1v) is 8.56. The van der Waals surface area contributed by atoms with Crippen molar-refractivity contribution in [2.45, 2.75) is 25.9 Å². The molecular formula is C19H26N4O2. The highest BCUT2D eigenvalue weighted by Crippen LogP contribution is 2.32. The van der Waals surface area contributed by atoms with Crippen molar-refractivity contribution < 1.29 is 9.47 Å². The van der Waals surface area contributed by atoms with Crippen LogP contribution in [0.2, 0.25) is 0 Å². The molecule has 0 bridgehead atoms. The molecule has 0 radical (unpaired) electrons. The molecule has 1 atom stereocenters. The van der Waals surface area contributed by atoms with Gasteiger partial charge < -0.3 is 14.4 Å². The van der Waals surface area contributed by atoms with Gasteiger partial charge >= 0.3 is 0 Å². The lowest BCUT2D eigenvalue weighted by molar-refractivity contribution is 0.308. The standard InChI is InChI=1S/C19H26N4O2/c1-14-10-18(21-13-20-14)22(2)16-8-9-23(12-16)11-15-6-5-7-17(24-3)19(15)25-4/h5-7,10,13,16H,8-9,11-12H2,1-4H3. The smallest absolute Gasteiger partial charge is 0.165 e. The minimum absolute atomic E-state index is 0.450. The first-order valence-electron chi connectivity index (χ1n) is 8.56. The zero-order valence-electron chi connectivity index (χ0n) is 15.4. The van der Waals surface area contributed by atoms with Gasteiger partial charge in [0, 0.05) is 50.0 Å². The van der Waals surface area contributed by atoms with E-state index < -0.39 is 0 Å². The number of methoxy groups -OCH3 is 2. The molecule has 0 N–H and O–H groups in total. The molecule has 2 aromatic rings. The van der Waals surface area contributed by atoms with E-state index in [2.05, 4.69) is 32.9 Å². The molecule has 0 amide bonds. The second kappa shape index (κ2) is 7.70. The Morgan fingerprint density at radius 2 is 2.08 bits per heavy atom. The Morgan fingerprint density at radius 1 is 1.24 bits per heavy atom. The maximum atomic E-state index is 5.56. The number of aryl methyl sites for hydroxylation is 1. The quantitative estimate of drug-likeness (QED) is 0.804. The number of likely N-dealkylation sites (N-methyl/N-ethyl adjacent to an activating group) is 1. The zero-order valence-corrected chi connectivity index (χ0v) is 15.4. The third kappa shape index (κ3) is 3.85. The summed E-state index contributed by atoms with van der Waals surface area (Å²) in [6.07, 6.45) is 2.75. The summed E-state index contributed by atoms with van der Waals surface area (Å²) >= 11 is 0. The van der Waals surface area contributed by atoms with Crippen LogP contribution in [-0.4, -0.2) is 55.3 Å². The molecule has 1 aliphatic heterocycles. The third-order valence-electron chi connectivity index (χ3n) is 4.82. The Labute approximate surface area is 149 Å². The predicted octanol–water partition coefficient (Wildman–Crippen LogP) is 2.51. The van der Waals surface area contributed by atoms with E-state index in [-0.39, 0.29) is 0 Å². The highest BCUT2D eigenvalue weighted by Gasteiger charge is 2.27. The van der Waals surface area contributed by atoms with Crippen molar-refractivity contribution in [2.24, 2.45) is 0 Å². The number of ether oxygens (including phenoxy) is 2. The summed E-state index contributed by atoms with van der Waals surface area (Å²) < 4.78 is 11.0. The second-order valence-electron chi connectivity index (χ2n) is 6.46. The van der Waals surface area contributed by atoms with Crippen molar-refractivity contribution in [1.82, 2.24) is 14.9 Å². The number of aromatic nitrogens is 2. The largest absolute Gasteiger partial charge is 0.493 e. The maximum Gasteiger partial charge on any atom is 0.165 e. The average Bonchev–Trinajstić information content (AvgIpc) is 3.09. The summed E-state index contributed by atoms with van der Waals surface area (Å²) in [4.78, 5) is 13.3. The number of rotatable bonds is 6. The minimum Gasteiger partial charge on any atom is -0.493 e. The fourth-order valence-corrected chi connectivity index (χ4v) is 3.41. The Morgan fingerprint density at radius 3 is 2.80 bits per heavy atom. The fourth-order valence-electron chi connectivity index (χ4n) is 3.41. The van der Waals surface area contributed by atoms with Crippen LogP contribution in [0.15, 0.2) is 30.6 Å². The number of hydrogen-bond donors (Lipinski definition) is 0. The van der Waals surface area contributed by atoms with Gasteiger partial charge in [-0.25, -0.2) is 9.97 Å². The van der Waals surface area contributed by atoms with Crippen molar-refractivity contribution in [3.63, 3.8) is 0 Å². The summed E-state index contributed by atoms with van der Waals surface area (Å²) in [5.41, 5.74) is 2.15. The second-order valence-corrected chi connectivity index (χ2v) is 6.46. The molecule has 6 nitrogen and oxygen atoms in total. The topological polar surface area (TPSA) is 50.7 Å². The van der Waals surface area contributed by atoms with Crippen LogP contribution in [0, 0.1) is 6.92 Å². The van der Waals surface area contributed by atoms with Gasteiger partial charge in [-0.05, 0) is 19.4 Å². The van der Waals surface area contributed by atoms with Crippen molar-refractivity contribution in [2.75, 3.05) is 39.3 Å². The van der Waals surface area contributed by atoms with Crippen molar-refractivity contribution in [3.05, 3.63) is 41.9 Å². The molecule has 1 fully saturated rings. The minimum atomic E-state index is 0.450. The average molecular weight is 342 g/mol. The highest BCUT2D eigenvalue weighted by atomic mass is 16.5. The van der Waals surface area contributed by atoms with E-state index in [1.54, 1.807) is 20.5 Å². The van der Waals surface area contributed by atoms with Crippen LogP contribution in [0.5, 0.6) is 11.5 Å². The summed E-state index contributed by atoms with van der Waals surface area (Å²) in [7, 11) is 5.48. The number of hydrogen-bond acceptors (Lipinski definition) is 6. The predicted molar refractivity (Wildman–Crippen MR) is 98.4 cm³/mol. The normalized spacial score (nSPS) is 17.5. The number of likely N-dealkylation sites (tertiary alicyclic amines) is 1. The number of benzene rings is 1. The van der Waals surface area contributed by atoms with Gasteiger partial charge in [-0.15, -0.1) is 0 Å². The van der Waals surface area contributed by atoms with E-state index in [4.69, 9.17) is 9.47 Å². The monoisotopic (exact) mass is 342 g/mol. The SMILES string of the molecule is COc1cccc(CN2CCC(N(C)c3cc(C)ncn3)C2)c1OC. The summed E-state index contributed by atoms with van der Waals surface area (Å²) in [6.45, 7) is 4.90. The lowest BCUT2D eigenvalue weighted by Crippen LogP contribution is -2.35. The van der Waals surface area contributed by atoms with Gasteiger partial charge in [0.25, 0.3) is 0 Å². The van der Waals surface area contributed by atoms with Crippen molar-refractivity contribution >= 4 is 5.82 Å². The lowest BCUT2D eigenvalue weighted by Gasteiger charge is -2.26. The van der Waals surface area contributed by atoms with Crippen molar-refractivity contribution in [1.29, 1.82) is 0 Å². The van der Waals surface area contributed by atoms with Gasteiger partial charge in [0.2, 0.25) is 0 Å². The molecule has 1 aromatic heterocycles. The van der Waals surface area contributed by atoms with Crippen LogP contribution >= 0.6 is 0 Å². The van der Waals surface area contributed by atoms with Crippen LogP contribution in [0.25, 0.3) is 0 Å². The molecule has 1 aliphatic rings. The molecule has 2 heterocycles. The summed E-state index contributed by atoms with van der Waals surface area (Å²) in [6, 6.07) is 8.53. The Kier molecular flexibility index (Phi) is 5.38. The van der Waals surface area contributed by atoms with Gasteiger partial charge in [0.1, 0.15) is 12.1 Å². The van der Waals surface area contributed by atoms with Gasteiger partial charge in [0.15, 0.2) is 11.5 Å². The van der Waals surface area contributed by atoms with Gasteiger partial charge in [-0.3, -0.25) is 4.90 Å². The molecular weight excluding hydrogens is 316 g/mol. The first kappa shape index (κ1) is 17.5. The van der Waals surface area contributed by atoms with E-state index in [0.717, 1.165) is 54.6 Å². The molecule has 3 rings (SSSR count). The Hall–Kier alpha value is -2.34. The molecule has 0 aliphatic carbocycles. The number of anilines is 1. The third-order valence-corrected chi connectivity index (χ3v) is 4.82. The van der Waals surface area contributed by atoms with Crippen LogP contribution in [0.1, 0.15) is 17.7 Å². The lowest BCUT2D eigenvalue weighted by atomic mass is 10.1. The molecule has 1 aromatic carbocycles. The highest BCUT2D eigenvalue weighted by molar-refractivity contribution is 5.46. The van der Waals surface area contributed by atoms with E-state index in [0.29, 0.717) is 6.04 Å². The fraction of sp³-hybridized carbons (Fsp3) is 0.474. The van der Waals surface area contributed by atoms with E-state index >= 15 is 0 Å². The van der Waals surface area contributed by atoms with Gasteiger partial charge in [-0.1, -0.05) is 12.1 Å². The molecule has 1 unspecified atom stereocenters. The maximum absolute atomic E-state index is 5.56. The molecule has 1 saturated heterocycles. The Balaban J connectivity index is 1.67. The molecule has 25 heavy (non-hydrogen) atoms. The summed E-state index contributed by atoms with van der Waals surface area (Å²) in [5.74, 6) is 2.59. The molecule has 0 spiro atoms. The van der Waals surface area contributed by atoms with E-state index in [1.165, 1.54) is 0 Å². The van der Waals surface area contributed by atoms with Crippen LogP contribution < -0.4 is 14.4 Å². The first-order chi connectivity index (χ1) is 12.1. The number of nitrogens with zero attached hydrogens (tertiary/aromatic N) is 4. The van der Waals surface area contributed by atoms with E-state index in [1.807, 2.05) is 25.1 Å². The molecule has 0 saturated carbocycles. The van der Waals surface area contributed by atoms with Crippen LogP contribution in [0.3, 0.4) is 0 Å². The van der Waals surface area contributed by atoms with Crippen molar-refractivity contribution in [3.8, 4) is 11.5 Å². The van der Waals surface area contributed by atoms with Crippen LogP contribution in [0.4, 0.5) is 5.82 Å². The van der Waals surface area contributed by atoms with E-state index in [9.17, 15) is 0 Å². The molecule has 6 heteroatoms. The zero-order chi connectivity index (χ0) is 17.8. The number of para-hydroxylation sites is 1. The van der Waals surface area contributed by atoms with Gasteiger partial charge in [0.05, 0.1) is 14.2 Å². The summed E-state index contributed by atoms with van der Waals surface area (Å²) in [5, 5.41) is 0. The molecule has 134 valence electrons.